The van der Waals surface area contributed by atoms with Gasteiger partial charge >= 0.3 is 0 Å². The molecule has 0 radical (unpaired) electrons. The molecule has 2 aromatic carbocycles. The molecule has 110 valence electrons. The second-order valence-electron chi connectivity index (χ2n) is 4.90. The zero-order chi connectivity index (χ0) is 15.2. The number of hydrogen-bond acceptors (Lipinski definition) is 3. The van der Waals surface area contributed by atoms with Crippen LogP contribution >= 0.6 is 0 Å². The molecule has 1 atom stereocenters. The van der Waals surface area contributed by atoms with E-state index in [0.717, 1.165) is 22.4 Å². The Morgan fingerprint density at radius 3 is 2.52 bits per heavy atom. The number of rotatable bonds is 6. The first-order chi connectivity index (χ1) is 10.1. The van der Waals surface area contributed by atoms with Crippen LogP contribution in [0.5, 0.6) is 5.75 Å². The topological polar surface area (TPSA) is 64.3 Å². The van der Waals surface area contributed by atoms with Gasteiger partial charge in [-0.1, -0.05) is 42.5 Å². The fourth-order valence-electron chi connectivity index (χ4n) is 2.06. The normalized spacial score (nSPS) is 11.9. The molecule has 0 aliphatic heterocycles. The predicted octanol–water partition coefficient (Wildman–Crippen LogP) is 2.33. The van der Waals surface area contributed by atoms with Gasteiger partial charge in [0, 0.05) is 12.1 Å². The van der Waals surface area contributed by atoms with Crippen molar-refractivity contribution in [3.8, 4) is 16.9 Å². The monoisotopic (exact) mass is 284 g/mol. The van der Waals surface area contributed by atoms with E-state index in [1.165, 1.54) is 0 Å². The van der Waals surface area contributed by atoms with Crippen molar-refractivity contribution in [2.45, 2.75) is 19.5 Å². The summed E-state index contributed by atoms with van der Waals surface area (Å²) in [6, 6.07) is 15.8. The number of nitrogens with two attached hydrogens (primary N) is 1. The van der Waals surface area contributed by atoms with Crippen LogP contribution in [0.2, 0.25) is 0 Å². The summed E-state index contributed by atoms with van der Waals surface area (Å²) in [6.07, 6.45) is 0. The van der Waals surface area contributed by atoms with Crippen LogP contribution in [0, 0.1) is 0 Å². The van der Waals surface area contributed by atoms with E-state index in [-0.39, 0.29) is 11.9 Å². The Morgan fingerprint density at radius 1 is 1.19 bits per heavy atom. The highest BCUT2D eigenvalue weighted by atomic mass is 16.5. The van der Waals surface area contributed by atoms with Gasteiger partial charge in [0.05, 0.1) is 13.2 Å². The van der Waals surface area contributed by atoms with Gasteiger partial charge < -0.3 is 15.8 Å². The van der Waals surface area contributed by atoms with Gasteiger partial charge in [-0.05, 0) is 24.1 Å². The third-order valence-corrected chi connectivity index (χ3v) is 3.42. The van der Waals surface area contributed by atoms with Crippen LogP contribution in [0.25, 0.3) is 11.1 Å². The number of carbonyl (C=O) groups is 1. The highest BCUT2D eigenvalue weighted by molar-refractivity contribution is 5.79. The van der Waals surface area contributed by atoms with Gasteiger partial charge in [0.2, 0.25) is 5.91 Å². The van der Waals surface area contributed by atoms with Crippen molar-refractivity contribution in [1.82, 2.24) is 5.32 Å². The Kier molecular flexibility index (Phi) is 4.95. The van der Waals surface area contributed by atoms with E-state index >= 15 is 0 Å². The van der Waals surface area contributed by atoms with E-state index < -0.39 is 0 Å². The minimum atomic E-state index is -0.372. The summed E-state index contributed by atoms with van der Waals surface area (Å²) in [5.74, 6) is 0.426. The maximum absolute atomic E-state index is 11.0. The summed E-state index contributed by atoms with van der Waals surface area (Å²) in [7, 11) is 1.64. The van der Waals surface area contributed by atoms with E-state index in [2.05, 4.69) is 17.4 Å². The lowest BCUT2D eigenvalue weighted by Crippen LogP contribution is -2.38. The second-order valence-corrected chi connectivity index (χ2v) is 4.90. The molecule has 0 aliphatic carbocycles. The Bertz CT molecular complexity index is 611. The molecule has 4 nitrogen and oxygen atoms in total. The van der Waals surface area contributed by atoms with Crippen molar-refractivity contribution >= 4 is 5.91 Å². The molecule has 3 N–H and O–H groups in total. The quantitative estimate of drug-likeness (QED) is 0.855. The van der Waals surface area contributed by atoms with Crippen LogP contribution < -0.4 is 15.8 Å². The summed E-state index contributed by atoms with van der Waals surface area (Å²) in [6.45, 7) is 2.27. The fraction of sp³-hybridized carbons (Fsp3) is 0.235. The molecule has 0 saturated heterocycles. The number of benzene rings is 2. The molecule has 0 heterocycles. The lowest BCUT2D eigenvalue weighted by atomic mass is 10.0. The average molecular weight is 284 g/mol. The fourth-order valence-corrected chi connectivity index (χ4v) is 2.06. The SMILES string of the molecule is COc1cc(-c2ccccc2)ccc1CN[C@@H](C)C(N)=O. The van der Waals surface area contributed by atoms with Gasteiger partial charge in [-0.25, -0.2) is 0 Å². The van der Waals surface area contributed by atoms with Gasteiger partial charge in [-0.2, -0.15) is 0 Å². The first-order valence-electron chi connectivity index (χ1n) is 6.87. The van der Waals surface area contributed by atoms with E-state index in [9.17, 15) is 4.79 Å². The van der Waals surface area contributed by atoms with Crippen molar-refractivity contribution in [2.75, 3.05) is 7.11 Å². The molecule has 21 heavy (non-hydrogen) atoms. The summed E-state index contributed by atoms with van der Waals surface area (Å²) < 4.78 is 5.44. The van der Waals surface area contributed by atoms with E-state index in [0.29, 0.717) is 6.54 Å². The first kappa shape index (κ1) is 15.1. The zero-order valence-electron chi connectivity index (χ0n) is 12.3. The number of methoxy groups -OCH3 is 1. The van der Waals surface area contributed by atoms with Crippen LogP contribution in [0.4, 0.5) is 0 Å². The molecule has 0 bridgehead atoms. The average Bonchev–Trinajstić information content (AvgIpc) is 2.53. The van der Waals surface area contributed by atoms with Crippen molar-refractivity contribution in [2.24, 2.45) is 5.73 Å². The third kappa shape index (κ3) is 3.83. The lowest BCUT2D eigenvalue weighted by Gasteiger charge is -2.14. The van der Waals surface area contributed by atoms with Crippen LogP contribution in [-0.2, 0) is 11.3 Å². The van der Waals surface area contributed by atoms with Crippen molar-refractivity contribution in [3.05, 3.63) is 54.1 Å². The van der Waals surface area contributed by atoms with Crippen molar-refractivity contribution < 1.29 is 9.53 Å². The Hall–Kier alpha value is -2.33. The molecular weight excluding hydrogens is 264 g/mol. The molecule has 0 unspecified atom stereocenters. The highest BCUT2D eigenvalue weighted by Gasteiger charge is 2.10. The minimum Gasteiger partial charge on any atom is -0.496 e. The Balaban J connectivity index is 2.19. The molecule has 0 aromatic heterocycles. The Morgan fingerprint density at radius 2 is 1.90 bits per heavy atom. The lowest BCUT2D eigenvalue weighted by molar-refractivity contribution is -0.119. The molecular formula is C17H20N2O2. The smallest absolute Gasteiger partial charge is 0.234 e. The second kappa shape index (κ2) is 6.90. The van der Waals surface area contributed by atoms with Gasteiger partial charge in [0.25, 0.3) is 0 Å². The summed E-state index contributed by atoms with van der Waals surface area (Å²) in [5.41, 5.74) is 8.47. The highest BCUT2D eigenvalue weighted by Crippen LogP contribution is 2.27. The van der Waals surface area contributed by atoms with Crippen molar-refractivity contribution in [3.63, 3.8) is 0 Å². The summed E-state index contributed by atoms with van der Waals surface area (Å²) in [4.78, 5) is 11.0. The van der Waals surface area contributed by atoms with Gasteiger partial charge in [-0.3, -0.25) is 4.79 Å². The van der Waals surface area contributed by atoms with Crippen LogP contribution in [0.3, 0.4) is 0 Å². The minimum absolute atomic E-state index is 0.366. The molecule has 0 aliphatic rings. The molecule has 0 spiro atoms. The molecule has 4 heteroatoms. The maximum Gasteiger partial charge on any atom is 0.234 e. The standard InChI is InChI=1S/C17H20N2O2/c1-12(17(18)20)19-11-15-9-8-14(10-16(15)21-2)13-6-4-3-5-7-13/h3-10,12,19H,11H2,1-2H3,(H2,18,20)/t12-/m0/s1. The predicted molar refractivity (Wildman–Crippen MR) is 83.9 cm³/mol. The number of carbonyl (C=O) groups excluding carboxylic acids is 1. The molecule has 2 aromatic rings. The van der Waals surface area contributed by atoms with Crippen LogP contribution in [-0.4, -0.2) is 19.1 Å². The molecule has 0 fully saturated rings. The van der Waals surface area contributed by atoms with Gasteiger partial charge in [0.1, 0.15) is 5.75 Å². The number of ether oxygens (including phenoxy) is 1. The number of amides is 1. The summed E-state index contributed by atoms with van der Waals surface area (Å²) in [5, 5.41) is 3.08. The zero-order valence-corrected chi connectivity index (χ0v) is 12.3. The van der Waals surface area contributed by atoms with E-state index in [1.54, 1.807) is 14.0 Å². The van der Waals surface area contributed by atoms with Gasteiger partial charge in [-0.15, -0.1) is 0 Å². The third-order valence-electron chi connectivity index (χ3n) is 3.42. The number of nitrogens with one attached hydrogen (secondary N) is 1. The number of primary amides is 1. The van der Waals surface area contributed by atoms with E-state index in [4.69, 9.17) is 10.5 Å². The molecule has 0 saturated carbocycles. The Labute approximate surface area is 124 Å². The summed E-state index contributed by atoms with van der Waals surface area (Å²) >= 11 is 0. The van der Waals surface area contributed by atoms with Gasteiger partial charge in [0.15, 0.2) is 0 Å². The van der Waals surface area contributed by atoms with Crippen molar-refractivity contribution in [1.29, 1.82) is 0 Å². The van der Waals surface area contributed by atoms with Crippen LogP contribution in [0.15, 0.2) is 48.5 Å². The number of hydrogen-bond donors (Lipinski definition) is 2. The first-order valence-corrected chi connectivity index (χ1v) is 6.87. The molecule has 1 amide bonds. The van der Waals surface area contributed by atoms with E-state index in [1.807, 2.05) is 36.4 Å². The largest absolute Gasteiger partial charge is 0.496 e. The molecule has 2 rings (SSSR count). The van der Waals surface area contributed by atoms with Crippen LogP contribution in [0.1, 0.15) is 12.5 Å². The maximum atomic E-state index is 11.0.